The summed E-state index contributed by atoms with van der Waals surface area (Å²) in [6.45, 7) is 10.8. The summed E-state index contributed by atoms with van der Waals surface area (Å²) < 4.78 is 1.91. The summed E-state index contributed by atoms with van der Waals surface area (Å²) >= 11 is 0. The molecule has 0 unspecified atom stereocenters. The van der Waals surface area contributed by atoms with Crippen molar-refractivity contribution in [2.24, 2.45) is 5.92 Å². The van der Waals surface area contributed by atoms with Crippen LogP contribution in [0.4, 0.5) is 0 Å². The first kappa shape index (κ1) is 20.6. The van der Waals surface area contributed by atoms with Crippen molar-refractivity contribution in [1.82, 2.24) is 25.3 Å². The van der Waals surface area contributed by atoms with E-state index in [-0.39, 0.29) is 23.3 Å². The van der Waals surface area contributed by atoms with Gasteiger partial charge in [-0.15, -0.1) is 0 Å². The zero-order valence-electron chi connectivity index (χ0n) is 18.2. The van der Waals surface area contributed by atoms with Crippen molar-refractivity contribution in [3.63, 3.8) is 0 Å². The van der Waals surface area contributed by atoms with Gasteiger partial charge in [-0.05, 0) is 45.7 Å². The molecule has 2 N–H and O–H groups in total. The molecule has 2 atom stereocenters. The molecule has 7 heteroatoms. The second-order valence-electron chi connectivity index (χ2n) is 9.61. The molecule has 0 aliphatic carbocycles. The number of hydrogen-bond donors (Lipinski definition) is 2. The van der Waals surface area contributed by atoms with Crippen molar-refractivity contribution in [2.45, 2.75) is 58.3 Å². The molecular formula is C23H31N5O2. The highest BCUT2D eigenvalue weighted by Crippen LogP contribution is 2.36. The first-order valence-electron chi connectivity index (χ1n) is 10.7. The Morgan fingerprint density at radius 1 is 1.33 bits per heavy atom. The van der Waals surface area contributed by atoms with Crippen molar-refractivity contribution < 1.29 is 9.59 Å². The fourth-order valence-corrected chi connectivity index (χ4v) is 4.72. The molecule has 1 spiro atoms. The van der Waals surface area contributed by atoms with Crippen LogP contribution in [0, 0.1) is 5.92 Å². The maximum Gasteiger partial charge on any atom is 0.252 e. The van der Waals surface area contributed by atoms with Gasteiger partial charge in [-0.1, -0.05) is 18.2 Å². The number of likely N-dealkylation sites (tertiary alicyclic amines) is 1. The van der Waals surface area contributed by atoms with Crippen molar-refractivity contribution >= 4 is 11.8 Å². The predicted molar refractivity (Wildman–Crippen MR) is 115 cm³/mol. The first-order chi connectivity index (χ1) is 14.2. The number of rotatable bonds is 4. The number of benzene rings is 1. The van der Waals surface area contributed by atoms with Crippen molar-refractivity contribution in [2.75, 3.05) is 13.1 Å². The van der Waals surface area contributed by atoms with Gasteiger partial charge < -0.3 is 10.6 Å². The fourth-order valence-electron chi connectivity index (χ4n) is 4.72. The lowest BCUT2D eigenvalue weighted by Gasteiger charge is -2.40. The van der Waals surface area contributed by atoms with Gasteiger partial charge >= 0.3 is 0 Å². The molecule has 30 heavy (non-hydrogen) atoms. The Balaban J connectivity index is 1.63. The number of aryl methyl sites for hydroxylation is 1. The van der Waals surface area contributed by atoms with Crippen LogP contribution in [0.3, 0.4) is 0 Å². The van der Waals surface area contributed by atoms with E-state index in [1.54, 1.807) is 0 Å². The van der Waals surface area contributed by atoms with Crippen LogP contribution in [0.15, 0.2) is 36.7 Å². The van der Waals surface area contributed by atoms with E-state index in [1.165, 1.54) is 0 Å². The monoisotopic (exact) mass is 409 g/mol. The molecule has 7 nitrogen and oxygen atoms in total. The van der Waals surface area contributed by atoms with Gasteiger partial charge in [-0.2, -0.15) is 5.10 Å². The van der Waals surface area contributed by atoms with Crippen LogP contribution in [0.25, 0.3) is 0 Å². The summed E-state index contributed by atoms with van der Waals surface area (Å²) in [5.41, 5.74) is 1.90. The summed E-state index contributed by atoms with van der Waals surface area (Å²) in [7, 11) is 0. The third kappa shape index (κ3) is 3.99. The fraction of sp³-hybridized carbons (Fsp3) is 0.522. The van der Waals surface area contributed by atoms with E-state index in [2.05, 4.69) is 27.6 Å². The van der Waals surface area contributed by atoms with Gasteiger partial charge in [-0.25, -0.2) is 0 Å². The number of fused-ring (bicyclic) bond motifs is 1. The van der Waals surface area contributed by atoms with Gasteiger partial charge in [0.25, 0.3) is 5.91 Å². The van der Waals surface area contributed by atoms with Crippen LogP contribution in [-0.2, 0) is 24.3 Å². The van der Waals surface area contributed by atoms with Crippen molar-refractivity contribution in [3.05, 3.63) is 53.3 Å². The Bertz CT molecular complexity index is 960. The summed E-state index contributed by atoms with van der Waals surface area (Å²) in [5.74, 6) is -0.421. The van der Waals surface area contributed by atoms with E-state index in [0.29, 0.717) is 31.6 Å². The molecule has 2 aromatic rings. The van der Waals surface area contributed by atoms with Gasteiger partial charge in [0.2, 0.25) is 5.91 Å². The molecule has 1 aromatic carbocycles. The minimum absolute atomic E-state index is 0.00562. The Morgan fingerprint density at radius 2 is 2.10 bits per heavy atom. The SMILES string of the molecule is CCn1cc(CN2C[C@@H](C(=O)NC(C)(C)C)[C@@]3(Cc4ccccc4C(=O)N3)C2)cn1. The maximum atomic E-state index is 13.3. The van der Waals surface area contributed by atoms with E-state index >= 15 is 0 Å². The normalized spacial score (nSPS) is 24.0. The summed E-state index contributed by atoms with van der Waals surface area (Å²) in [6, 6.07) is 7.70. The van der Waals surface area contributed by atoms with Gasteiger partial charge in [0, 0.05) is 49.0 Å². The first-order valence-corrected chi connectivity index (χ1v) is 10.7. The number of carbonyl (C=O) groups is 2. The zero-order valence-corrected chi connectivity index (χ0v) is 18.2. The number of amides is 2. The largest absolute Gasteiger partial charge is 0.351 e. The topological polar surface area (TPSA) is 79.3 Å². The predicted octanol–water partition coefficient (Wildman–Crippen LogP) is 1.97. The van der Waals surface area contributed by atoms with E-state index in [1.807, 2.05) is 62.1 Å². The van der Waals surface area contributed by atoms with Crippen LogP contribution in [0.2, 0.25) is 0 Å². The second-order valence-corrected chi connectivity index (χ2v) is 9.61. The highest BCUT2D eigenvalue weighted by Gasteiger charge is 2.53. The molecule has 0 saturated carbocycles. The highest BCUT2D eigenvalue weighted by molar-refractivity contribution is 5.98. The number of hydrogen-bond acceptors (Lipinski definition) is 4. The van der Waals surface area contributed by atoms with Gasteiger partial charge in [0.05, 0.1) is 17.7 Å². The van der Waals surface area contributed by atoms with Crippen LogP contribution in [0.1, 0.15) is 49.2 Å². The zero-order chi connectivity index (χ0) is 21.5. The summed E-state index contributed by atoms with van der Waals surface area (Å²) in [5, 5.41) is 10.7. The molecule has 0 radical (unpaired) electrons. The van der Waals surface area contributed by atoms with Crippen LogP contribution in [-0.4, -0.2) is 50.7 Å². The van der Waals surface area contributed by atoms with Gasteiger partial charge in [0.1, 0.15) is 0 Å². The molecule has 2 amide bonds. The summed E-state index contributed by atoms with van der Waals surface area (Å²) in [6.07, 6.45) is 4.58. The van der Waals surface area contributed by atoms with Gasteiger partial charge in [0.15, 0.2) is 0 Å². The lowest BCUT2D eigenvalue weighted by molar-refractivity contribution is -0.127. The minimum Gasteiger partial charge on any atom is -0.351 e. The number of aromatic nitrogens is 2. The van der Waals surface area contributed by atoms with E-state index < -0.39 is 5.54 Å². The van der Waals surface area contributed by atoms with E-state index in [0.717, 1.165) is 17.7 Å². The Labute approximate surface area is 177 Å². The summed E-state index contributed by atoms with van der Waals surface area (Å²) in [4.78, 5) is 28.5. The smallest absolute Gasteiger partial charge is 0.252 e. The molecule has 4 rings (SSSR count). The Morgan fingerprint density at radius 3 is 2.80 bits per heavy atom. The van der Waals surface area contributed by atoms with E-state index in [9.17, 15) is 9.59 Å². The molecule has 160 valence electrons. The molecule has 3 heterocycles. The molecule has 0 bridgehead atoms. The Kier molecular flexibility index (Phi) is 5.18. The molecule has 1 fully saturated rings. The van der Waals surface area contributed by atoms with Crippen LogP contribution in [0.5, 0.6) is 0 Å². The minimum atomic E-state index is -0.610. The quantitative estimate of drug-likeness (QED) is 0.809. The van der Waals surface area contributed by atoms with Gasteiger partial charge in [-0.3, -0.25) is 19.2 Å². The third-order valence-corrected chi connectivity index (χ3v) is 5.98. The third-order valence-electron chi connectivity index (χ3n) is 5.98. The number of carbonyl (C=O) groups excluding carboxylic acids is 2. The van der Waals surface area contributed by atoms with Crippen molar-refractivity contribution in [1.29, 1.82) is 0 Å². The van der Waals surface area contributed by atoms with Crippen LogP contribution >= 0.6 is 0 Å². The average molecular weight is 410 g/mol. The average Bonchev–Trinajstić information content (AvgIpc) is 3.25. The Hall–Kier alpha value is -2.67. The molecule has 2 aliphatic rings. The lowest BCUT2D eigenvalue weighted by Crippen LogP contribution is -2.62. The highest BCUT2D eigenvalue weighted by atomic mass is 16.2. The standard InChI is InChI=1S/C23H31N5O2/c1-5-28-13-16(11-24-28)12-27-14-19(21(30)25-22(2,3)4)23(15-27)10-17-8-6-7-9-18(17)20(29)26-23/h6-9,11,13,19H,5,10,12,14-15H2,1-4H3,(H,25,30)(H,26,29)/t19-,23+/m0/s1. The molecule has 2 aliphatic heterocycles. The number of nitrogens with zero attached hydrogens (tertiary/aromatic N) is 3. The maximum absolute atomic E-state index is 13.3. The number of nitrogens with one attached hydrogen (secondary N) is 2. The lowest BCUT2D eigenvalue weighted by atomic mass is 9.76. The van der Waals surface area contributed by atoms with E-state index in [4.69, 9.17) is 0 Å². The molecule has 1 saturated heterocycles. The molecular weight excluding hydrogens is 378 g/mol. The molecule has 1 aromatic heterocycles. The van der Waals surface area contributed by atoms with Crippen LogP contribution < -0.4 is 10.6 Å². The second kappa shape index (κ2) is 7.54. The van der Waals surface area contributed by atoms with Crippen molar-refractivity contribution in [3.8, 4) is 0 Å².